The average molecular weight is 355 g/mol. The summed E-state index contributed by atoms with van der Waals surface area (Å²) in [5, 5.41) is 3.47. The fourth-order valence-corrected chi connectivity index (χ4v) is 2.46. The molecule has 104 valence electrons. The highest BCUT2D eigenvalue weighted by molar-refractivity contribution is 9.10. The number of halogens is 2. The average Bonchev–Trinajstić information content (AvgIpc) is 2.43. The second-order valence-electron chi connectivity index (χ2n) is 4.22. The topological polar surface area (TPSA) is 38.3 Å². The molecule has 0 aliphatic rings. The summed E-state index contributed by atoms with van der Waals surface area (Å²) in [6.45, 7) is 1.86. The normalized spacial score (nSPS) is 10.2. The predicted octanol–water partition coefficient (Wildman–Crippen LogP) is 4.67. The van der Waals surface area contributed by atoms with Crippen molar-refractivity contribution in [1.29, 1.82) is 0 Å². The minimum absolute atomic E-state index is 0.196. The first-order valence-corrected chi connectivity index (χ1v) is 7.10. The van der Waals surface area contributed by atoms with Crippen molar-refractivity contribution in [2.75, 3.05) is 12.4 Å². The molecule has 0 bridgehead atoms. The van der Waals surface area contributed by atoms with Crippen molar-refractivity contribution in [2.24, 2.45) is 0 Å². The predicted molar refractivity (Wildman–Crippen MR) is 84.8 cm³/mol. The fraction of sp³-hybridized carbons (Fsp3) is 0.133. The first-order chi connectivity index (χ1) is 9.52. The van der Waals surface area contributed by atoms with Crippen molar-refractivity contribution in [2.45, 2.75) is 6.92 Å². The minimum Gasteiger partial charge on any atom is -0.496 e. The van der Waals surface area contributed by atoms with E-state index in [0.29, 0.717) is 22.0 Å². The second-order valence-corrected chi connectivity index (χ2v) is 5.48. The van der Waals surface area contributed by atoms with Crippen LogP contribution in [0.25, 0.3) is 0 Å². The lowest BCUT2D eigenvalue weighted by molar-refractivity contribution is 0.102. The fourth-order valence-electron chi connectivity index (χ4n) is 1.74. The molecule has 5 heteroatoms. The van der Waals surface area contributed by atoms with Gasteiger partial charge in [0.15, 0.2) is 0 Å². The molecule has 0 aliphatic heterocycles. The molecule has 0 spiro atoms. The Labute approximate surface area is 131 Å². The van der Waals surface area contributed by atoms with Crippen LogP contribution in [-0.2, 0) is 0 Å². The zero-order valence-electron chi connectivity index (χ0n) is 11.0. The quantitative estimate of drug-likeness (QED) is 0.869. The molecule has 1 amide bonds. The van der Waals surface area contributed by atoms with Crippen molar-refractivity contribution in [3.8, 4) is 5.75 Å². The van der Waals surface area contributed by atoms with Gasteiger partial charge in [-0.2, -0.15) is 0 Å². The highest BCUT2D eigenvalue weighted by Crippen LogP contribution is 2.27. The first-order valence-electron chi connectivity index (χ1n) is 5.93. The number of hydrogen-bond acceptors (Lipinski definition) is 2. The van der Waals surface area contributed by atoms with E-state index in [9.17, 15) is 4.79 Å². The molecule has 2 aromatic carbocycles. The van der Waals surface area contributed by atoms with Crippen molar-refractivity contribution >= 4 is 39.1 Å². The summed E-state index contributed by atoms with van der Waals surface area (Å²) in [4.78, 5) is 12.2. The van der Waals surface area contributed by atoms with Gasteiger partial charge < -0.3 is 10.1 Å². The monoisotopic (exact) mass is 353 g/mol. The summed E-state index contributed by atoms with van der Waals surface area (Å²) >= 11 is 9.39. The lowest BCUT2D eigenvalue weighted by Gasteiger charge is -2.10. The third-order valence-corrected chi connectivity index (χ3v) is 3.96. The highest BCUT2D eigenvalue weighted by Gasteiger charge is 2.11. The Hall–Kier alpha value is -1.52. The summed E-state index contributed by atoms with van der Waals surface area (Å²) in [5.41, 5.74) is 2.08. The number of ether oxygens (including phenoxy) is 1. The van der Waals surface area contributed by atoms with Gasteiger partial charge >= 0.3 is 0 Å². The van der Waals surface area contributed by atoms with Crippen LogP contribution in [0, 0.1) is 6.92 Å². The molecular formula is C15H13BrClNO2. The third kappa shape index (κ3) is 3.14. The van der Waals surface area contributed by atoms with Crippen molar-refractivity contribution in [3.63, 3.8) is 0 Å². The molecule has 20 heavy (non-hydrogen) atoms. The smallest absolute Gasteiger partial charge is 0.255 e. The number of nitrogens with one attached hydrogen (secondary N) is 1. The molecular weight excluding hydrogens is 342 g/mol. The lowest BCUT2D eigenvalue weighted by atomic mass is 10.1. The number of methoxy groups -OCH3 is 1. The Morgan fingerprint density at radius 3 is 2.70 bits per heavy atom. The standard InChI is InChI=1S/C15H13BrClNO2/c1-9-12(17)4-3-5-13(9)18-15(19)10-6-7-14(20-2)11(16)8-10/h3-8H,1-2H3,(H,18,19). The largest absolute Gasteiger partial charge is 0.496 e. The van der Waals surface area contributed by atoms with Crippen LogP contribution in [0.4, 0.5) is 5.69 Å². The molecule has 0 aromatic heterocycles. The molecule has 3 nitrogen and oxygen atoms in total. The number of benzene rings is 2. The van der Waals surface area contributed by atoms with Gasteiger partial charge in [-0.15, -0.1) is 0 Å². The maximum atomic E-state index is 12.2. The SMILES string of the molecule is COc1ccc(C(=O)Nc2cccc(Cl)c2C)cc1Br. The Morgan fingerprint density at radius 2 is 2.05 bits per heavy atom. The Kier molecular flexibility index (Phi) is 4.68. The van der Waals surface area contributed by atoms with E-state index in [1.807, 2.05) is 13.0 Å². The summed E-state index contributed by atoms with van der Waals surface area (Å²) < 4.78 is 5.87. The van der Waals surface area contributed by atoms with Gasteiger partial charge in [-0.25, -0.2) is 0 Å². The van der Waals surface area contributed by atoms with Gasteiger partial charge in [0.05, 0.1) is 11.6 Å². The maximum absolute atomic E-state index is 12.2. The van der Waals surface area contributed by atoms with Crippen LogP contribution >= 0.6 is 27.5 Å². The number of carbonyl (C=O) groups is 1. The molecule has 1 N–H and O–H groups in total. The van der Waals surface area contributed by atoms with Gasteiger partial charge in [0.25, 0.3) is 5.91 Å². The molecule has 0 fully saturated rings. The van der Waals surface area contributed by atoms with Crippen LogP contribution in [0.3, 0.4) is 0 Å². The van der Waals surface area contributed by atoms with Gasteiger partial charge in [0, 0.05) is 16.3 Å². The molecule has 0 aliphatic carbocycles. The Morgan fingerprint density at radius 1 is 1.30 bits per heavy atom. The minimum atomic E-state index is -0.196. The molecule has 0 atom stereocenters. The molecule has 0 saturated carbocycles. The van der Waals surface area contributed by atoms with Gasteiger partial charge in [0.2, 0.25) is 0 Å². The van der Waals surface area contributed by atoms with Gasteiger partial charge in [-0.05, 0) is 58.7 Å². The number of carbonyl (C=O) groups excluding carboxylic acids is 1. The summed E-state index contributed by atoms with van der Waals surface area (Å²) in [6, 6.07) is 10.6. The van der Waals surface area contributed by atoms with E-state index < -0.39 is 0 Å². The van der Waals surface area contributed by atoms with E-state index in [0.717, 1.165) is 10.0 Å². The summed E-state index contributed by atoms with van der Waals surface area (Å²) in [5.74, 6) is 0.485. The van der Waals surface area contributed by atoms with Crippen LogP contribution in [-0.4, -0.2) is 13.0 Å². The van der Waals surface area contributed by atoms with E-state index in [1.54, 1.807) is 37.4 Å². The second kappa shape index (κ2) is 6.29. The molecule has 2 rings (SSSR count). The summed E-state index contributed by atoms with van der Waals surface area (Å²) in [7, 11) is 1.58. The van der Waals surface area contributed by atoms with Crippen LogP contribution in [0.15, 0.2) is 40.9 Å². The summed E-state index contributed by atoms with van der Waals surface area (Å²) in [6.07, 6.45) is 0. The van der Waals surface area contributed by atoms with Crippen molar-refractivity contribution in [1.82, 2.24) is 0 Å². The van der Waals surface area contributed by atoms with Crippen LogP contribution in [0.2, 0.25) is 5.02 Å². The van der Waals surface area contributed by atoms with Crippen LogP contribution in [0.1, 0.15) is 15.9 Å². The molecule has 0 unspecified atom stereocenters. The zero-order valence-corrected chi connectivity index (χ0v) is 13.4. The number of rotatable bonds is 3. The van der Waals surface area contributed by atoms with E-state index in [2.05, 4.69) is 21.2 Å². The van der Waals surface area contributed by atoms with Gasteiger partial charge in [-0.1, -0.05) is 17.7 Å². The molecule has 0 radical (unpaired) electrons. The van der Waals surface area contributed by atoms with E-state index >= 15 is 0 Å². The van der Waals surface area contributed by atoms with Crippen LogP contribution < -0.4 is 10.1 Å². The first kappa shape index (κ1) is 14.9. The van der Waals surface area contributed by atoms with E-state index in [-0.39, 0.29) is 5.91 Å². The Balaban J connectivity index is 2.24. The lowest BCUT2D eigenvalue weighted by Crippen LogP contribution is -2.12. The maximum Gasteiger partial charge on any atom is 0.255 e. The highest BCUT2D eigenvalue weighted by atomic mass is 79.9. The zero-order chi connectivity index (χ0) is 14.7. The van der Waals surface area contributed by atoms with Gasteiger partial charge in [0.1, 0.15) is 5.75 Å². The van der Waals surface area contributed by atoms with Crippen molar-refractivity contribution < 1.29 is 9.53 Å². The number of hydrogen-bond donors (Lipinski definition) is 1. The van der Waals surface area contributed by atoms with E-state index in [1.165, 1.54) is 0 Å². The van der Waals surface area contributed by atoms with Crippen LogP contribution in [0.5, 0.6) is 5.75 Å². The number of amides is 1. The molecule has 0 saturated heterocycles. The molecule has 2 aromatic rings. The Bertz CT molecular complexity index is 658. The third-order valence-electron chi connectivity index (χ3n) is 2.93. The molecule has 0 heterocycles. The van der Waals surface area contributed by atoms with Crippen molar-refractivity contribution in [3.05, 3.63) is 57.0 Å². The van der Waals surface area contributed by atoms with Gasteiger partial charge in [-0.3, -0.25) is 4.79 Å². The number of anilines is 1. The van der Waals surface area contributed by atoms with E-state index in [4.69, 9.17) is 16.3 Å².